The highest BCUT2D eigenvalue weighted by atomic mass is 32.2. The van der Waals surface area contributed by atoms with Crippen molar-refractivity contribution in [3.05, 3.63) is 23.8 Å². The van der Waals surface area contributed by atoms with Gasteiger partial charge in [0, 0.05) is 6.42 Å². The van der Waals surface area contributed by atoms with Gasteiger partial charge in [0.25, 0.3) is 0 Å². The van der Waals surface area contributed by atoms with E-state index in [1.807, 2.05) is 0 Å². The first-order valence-corrected chi connectivity index (χ1v) is 9.62. The molecule has 0 amide bonds. The van der Waals surface area contributed by atoms with Crippen LogP contribution in [0.25, 0.3) is 0 Å². The van der Waals surface area contributed by atoms with Crippen LogP contribution in [0.2, 0.25) is 0 Å². The average Bonchev–Trinajstić information content (AvgIpc) is 3.03. The van der Waals surface area contributed by atoms with Gasteiger partial charge in [-0.1, -0.05) is 38.7 Å². The van der Waals surface area contributed by atoms with E-state index in [4.69, 9.17) is 9.47 Å². The van der Waals surface area contributed by atoms with Gasteiger partial charge in [0.1, 0.15) is 5.75 Å². The minimum Gasteiger partial charge on any atom is -0.464 e. The highest BCUT2D eigenvalue weighted by molar-refractivity contribution is 7.99. The minimum atomic E-state index is -4.37. The third-order valence-corrected chi connectivity index (χ3v) is 5.13. The molecule has 1 saturated heterocycles. The molecule has 0 radical (unpaired) electrons. The topological polar surface area (TPSA) is 18.5 Å². The van der Waals surface area contributed by atoms with Gasteiger partial charge in [0.15, 0.2) is 6.29 Å². The summed E-state index contributed by atoms with van der Waals surface area (Å²) in [4.78, 5) is 0.191. The summed E-state index contributed by atoms with van der Waals surface area (Å²) in [5.74, 6) is 0.953. The summed E-state index contributed by atoms with van der Waals surface area (Å²) >= 11 is 1.24. The third kappa shape index (κ3) is 5.88. The van der Waals surface area contributed by atoms with Crippen LogP contribution in [0.3, 0.4) is 0 Å². The number of unbranched alkanes of at least 4 members (excludes halogenated alkanes) is 4. The van der Waals surface area contributed by atoms with Gasteiger partial charge >= 0.3 is 6.18 Å². The number of hydrogen-bond donors (Lipinski definition) is 0. The lowest BCUT2D eigenvalue weighted by Gasteiger charge is -2.19. The second-order valence-corrected chi connectivity index (χ2v) is 7.06. The second-order valence-electron chi connectivity index (χ2n) is 5.95. The summed E-state index contributed by atoms with van der Waals surface area (Å²) in [6.07, 6.45) is 2.23. The Hall–Kier alpha value is -0.880. The number of halogens is 3. The average molecular weight is 362 g/mol. The van der Waals surface area contributed by atoms with Crippen LogP contribution < -0.4 is 4.74 Å². The van der Waals surface area contributed by atoms with Crippen molar-refractivity contribution < 1.29 is 22.6 Å². The molecular formula is C18H25F3O2S. The molecule has 2 rings (SSSR count). The van der Waals surface area contributed by atoms with E-state index in [9.17, 15) is 13.2 Å². The van der Waals surface area contributed by atoms with Crippen molar-refractivity contribution in [3.8, 4) is 5.75 Å². The van der Waals surface area contributed by atoms with Gasteiger partial charge in [-0.05, 0) is 30.7 Å². The van der Waals surface area contributed by atoms with Gasteiger partial charge in [-0.2, -0.15) is 13.2 Å². The molecule has 0 spiro atoms. The molecule has 0 aliphatic carbocycles. The number of ether oxygens (including phenoxy) is 2. The molecule has 1 aromatic rings. The molecule has 1 heterocycles. The van der Waals surface area contributed by atoms with Gasteiger partial charge in [-0.3, -0.25) is 0 Å². The molecule has 1 aliphatic heterocycles. The molecule has 136 valence electrons. The van der Waals surface area contributed by atoms with Crippen LogP contribution in [0.1, 0.15) is 57.4 Å². The van der Waals surface area contributed by atoms with Crippen molar-refractivity contribution in [2.24, 2.45) is 0 Å². The zero-order chi connectivity index (χ0) is 17.4. The van der Waals surface area contributed by atoms with Gasteiger partial charge in [0.2, 0.25) is 0 Å². The fraction of sp³-hybridized carbons (Fsp3) is 0.667. The number of alkyl halides is 3. The summed E-state index contributed by atoms with van der Waals surface area (Å²) in [5, 5.41) is 0. The molecule has 1 unspecified atom stereocenters. The van der Waals surface area contributed by atoms with Crippen molar-refractivity contribution in [2.75, 3.05) is 12.4 Å². The Balaban J connectivity index is 2.05. The summed E-state index contributed by atoms with van der Waals surface area (Å²) in [6, 6.07) is 4.14. The summed E-state index contributed by atoms with van der Waals surface area (Å²) in [7, 11) is 0. The first kappa shape index (κ1) is 19.4. The third-order valence-electron chi connectivity index (χ3n) is 3.92. The van der Waals surface area contributed by atoms with E-state index < -0.39 is 18.0 Å². The van der Waals surface area contributed by atoms with Crippen LogP contribution in [0.4, 0.5) is 13.2 Å². The lowest BCUT2D eigenvalue weighted by Crippen LogP contribution is -2.16. The van der Waals surface area contributed by atoms with Crippen molar-refractivity contribution in [3.63, 3.8) is 0 Å². The lowest BCUT2D eigenvalue weighted by atomic mass is 10.2. The van der Waals surface area contributed by atoms with Gasteiger partial charge in [-0.15, -0.1) is 11.8 Å². The second kappa shape index (κ2) is 9.56. The van der Waals surface area contributed by atoms with E-state index in [0.29, 0.717) is 12.4 Å². The van der Waals surface area contributed by atoms with Gasteiger partial charge < -0.3 is 9.47 Å². The standard InChI is InChI=1S/C18H25F3O2S/c1-2-3-4-5-6-13-24-17-14(18(19,20)21)9-7-10-15(17)23-16-11-8-12-22-16/h7,9-10,16H,2-6,8,11-13H2,1H3. The summed E-state index contributed by atoms with van der Waals surface area (Å²) in [5.41, 5.74) is -0.614. The Kier molecular flexibility index (Phi) is 7.75. The van der Waals surface area contributed by atoms with Gasteiger partial charge in [-0.25, -0.2) is 0 Å². The monoisotopic (exact) mass is 362 g/mol. The number of hydrogen-bond acceptors (Lipinski definition) is 3. The highest BCUT2D eigenvalue weighted by Crippen LogP contribution is 2.42. The van der Waals surface area contributed by atoms with Crippen LogP contribution in [0.5, 0.6) is 5.75 Å². The molecule has 0 bridgehead atoms. The van der Waals surface area contributed by atoms with Crippen LogP contribution in [-0.2, 0) is 10.9 Å². The van der Waals surface area contributed by atoms with Crippen molar-refractivity contribution in [2.45, 2.75) is 69.2 Å². The zero-order valence-electron chi connectivity index (χ0n) is 14.0. The molecular weight excluding hydrogens is 337 g/mol. The number of thioether (sulfide) groups is 1. The maximum atomic E-state index is 13.3. The number of rotatable bonds is 9. The summed E-state index contributed by atoms with van der Waals surface area (Å²) < 4.78 is 51.0. The highest BCUT2D eigenvalue weighted by Gasteiger charge is 2.35. The molecule has 0 N–H and O–H groups in total. The lowest BCUT2D eigenvalue weighted by molar-refractivity contribution is -0.140. The fourth-order valence-corrected chi connectivity index (χ4v) is 3.79. The molecule has 1 aliphatic rings. The maximum absolute atomic E-state index is 13.3. The van der Waals surface area contributed by atoms with Crippen LogP contribution in [0, 0.1) is 0 Å². The Labute approximate surface area is 146 Å². The van der Waals surface area contributed by atoms with E-state index in [0.717, 1.165) is 44.6 Å². The largest absolute Gasteiger partial charge is 0.464 e. The van der Waals surface area contributed by atoms with Gasteiger partial charge in [0.05, 0.1) is 17.1 Å². The maximum Gasteiger partial charge on any atom is 0.417 e. The number of benzene rings is 1. The van der Waals surface area contributed by atoms with Crippen molar-refractivity contribution >= 4 is 11.8 Å². The molecule has 2 nitrogen and oxygen atoms in total. The SMILES string of the molecule is CCCCCCCSc1c(OC2CCCO2)cccc1C(F)(F)F. The predicted molar refractivity (Wildman–Crippen MR) is 90.5 cm³/mol. The molecule has 1 aromatic carbocycles. The van der Waals surface area contributed by atoms with Crippen LogP contribution in [0.15, 0.2) is 23.1 Å². The predicted octanol–water partition coefficient (Wildman–Crippen LogP) is 6.28. The van der Waals surface area contributed by atoms with Crippen LogP contribution in [-0.4, -0.2) is 18.6 Å². The summed E-state index contributed by atoms with van der Waals surface area (Å²) in [6.45, 7) is 2.74. The van der Waals surface area contributed by atoms with E-state index in [1.165, 1.54) is 24.2 Å². The van der Waals surface area contributed by atoms with E-state index in [-0.39, 0.29) is 10.6 Å². The Morgan fingerprint density at radius 3 is 2.67 bits per heavy atom. The van der Waals surface area contributed by atoms with E-state index in [2.05, 4.69) is 6.92 Å². The Morgan fingerprint density at radius 2 is 2.00 bits per heavy atom. The Bertz CT molecular complexity index is 500. The van der Waals surface area contributed by atoms with Crippen molar-refractivity contribution in [1.29, 1.82) is 0 Å². The molecule has 6 heteroatoms. The zero-order valence-corrected chi connectivity index (χ0v) is 14.8. The van der Waals surface area contributed by atoms with E-state index in [1.54, 1.807) is 6.07 Å². The molecule has 1 atom stereocenters. The Morgan fingerprint density at radius 1 is 1.21 bits per heavy atom. The molecule has 0 aromatic heterocycles. The molecule has 24 heavy (non-hydrogen) atoms. The van der Waals surface area contributed by atoms with E-state index >= 15 is 0 Å². The molecule has 0 saturated carbocycles. The first-order valence-electron chi connectivity index (χ1n) is 8.63. The quantitative estimate of drug-likeness (QED) is 0.380. The van der Waals surface area contributed by atoms with Crippen LogP contribution >= 0.6 is 11.8 Å². The van der Waals surface area contributed by atoms with Crippen molar-refractivity contribution in [1.82, 2.24) is 0 Å². The fourth-order valence-electron chi connectivity index (χ4n) is 2.64. The smallest absolute Gasteiger partial charge is 0.417 e. The first-order chi connectivity index (χ1) is 11.5. The normalized spacial score (nSPS) is 18.1. The minimum absolute atomic E-state index is 0.191. The molecule has 1 fully saturated rings.